The number of ether oxygens (including phenoxy) is 4. The van der Waals surface area contributed by atoms with E-state index in [9.17, 15) is 4.79 Å². The van der Waals surface area contributed by atoms with Crippen molar-refractivity contribution in [1.82, 2.24) is 15.2 Å². The van der Waals surface area contributed by atoms with E-state index in [1.54, 1.807) is 32.4 Å². The molecule has 1 aliphatic heterocycles. The van der Waals surface area contributed by atoms with Crippen molar-refractivity contribution in [2.75, 3.05) is 38.5 Å². The Labute approximate surface area is 224 Å². The fraction of sp³-hybridized carbons (Fsp3) is 0.214. The van der Waals surface area contributed by atoms with Gasteiger partial charge < -0.3 is 24.3 Å². The van der Waals surface area contributed by atoms with Crippen molar-refractivity contribution in [3.05, 3.63) is 66.7 Å². The van der Waals surface area contributed by atoms with Crippen LogP contribution in [0.4, 0.5) is 5.69 Å². The zero-order valence-electron chi connectivity index (χ0n) is 21.0. The number of thioether (sulfide) groups is 1. The number of hydrogen-bond donors (Lipinski definition) is 1. The monoisotopic (exact) mass is 530 g/mol. The summed E-state index contributed by atoms with van der Waals surface area (Å²) < 4.78 is 21.7. The van der Waals surface area contributed by atoms with Gasteiger partial charge in [0.2, 0.25) is 11.1 Å². The summed E-state index contributed by atoms with van der Waals surface area (Å²) >= 11 is 1.37. The zero-order chi connectivity index (χ0) is 26.3. The number of hydrogen-bond acceptors (Lipinski definition) is 9. The average molecular weight is 531 g/mol. The number of carbonyl (C=O) groups is 1. The minimum atomic E-state index is -0.118. The molecule has 1 aliphatic rings. The van der Waals surface area contributed by atoms with Crippen LogP contribution in [0.5, 0.6) is 23.0 Å². The third kappa shape index (κ3) is 5.97. The smallest absolute Gasteiger partial charge is 0.225 e. The van der Waals surface area contributed by atoms with Gasteiger partial charge in [-0.15, -0.1) is 10.2 Å². The molecule has 9 nitrogen and oxygen atoms in total. The fourth-order valence-corrected chi connectivity index (χ4v) is 4.57. The van der Waals surface area contributed by atoms with Gasteiger partial charge in [0.15, 0.2) is 11.5 Å². The van der Waals surface area contributed by atoms with E-state index >= 15 is 0 Å². The number of benzene rings is 3. The van der Waals surface area contributed by atoms with Gasteiger partial charge in [0.1, 0.15) is 36.1 Å². The highest BCUT2D eigenvalue weighted by molar-refractivity contribution is 7.99. The maximum atomic E-state index is 12.5. The maximum absolute atomic E-state index is 12.5. The minimum absolute atomic E-state index is 0.118. The van der Waals surface area contributed by atoms with E-state index < -0.39 is 0 Å². The molecule has 4 aromatic rings. The van der Waals surface area contributed by atoms with Crippen LogP contribution < -0.4 is 24.3 Å². The predicted octanol–water partition coefficient (Wildman–Crippen LogP) is 5.11. The fourth-order valence-electron chi connectivity index (χ4n) is 3.85. The van der Waals surface area contributed by atoms with Gasteiger partial charge in [-0.2, -0.15) is 0 Å². The molecule has 0 unspecified atom stereocenters. The Hall–Kier alpha value is -4.31. The van der Waals surface area contributed by atoms with E-state index in [0.29, 0.717) is 52.7 Å². The van der Waals surface area contributed by atoms with Crippen LogP contribution in [0.1, 0.15) is 6.42 Å². The van der Waals surface area contributed by atoms with E-state index in [4.69, 9.17) is 23.9 Å². The number of nitrogens with zero attached hydrogens (tertiary/aromatic N) is 3. The third-order valence-electron chi connectivity index (χ3n) is 5.78. The largest absolute Gasteiger partial charge is 0.497 e. The van der Waals surface area contributed by atoms with Crippen molar-refractivity contribution in [1.29, 1.82) is 0 Å². The third-order valence-corrected chi connectivity index (χ3v) is 6.62. The Bertz CT molecular complexity index is 1410. The van der Waals surface area contributed by atoms with E-state index in [0.717, 1.165) is 22.6 Å². The number of methoxy groups -OCH3 is 2. The molecule has 0 spiro atoms. The molecule has 0 fully saturated rings. The molecule has 0 atom stereocenters. The van der Waals surface area contributed by atoms with E-state index in [2.05, 4.69) is 15.5 Å². The quantitative estimate of drug-likeness (QED) is 0.295. The molecule has 5 rings (SSSR count). The zero-order valence-corrected chi connectivity index (χ0v) is 21.8. The summed E-state index contributed by atoms with van der Waals surface area (Å²) in [6.07, 6.45) is 0.278. The summed E-state index contributed by atoms with van der Waals surface area (Å²) in [4.78, 5) is 17.3. The van der Waals surface area contributed by atoms with Crippen LogP contribution in [0.2, 0.25) is 0 Å². The predicted molar refractivity (Wildman–Crippen MR) is 145 cm³/mol. The molecule has 1 amide bonds. The molecule has 1 N–H and O–H groups in total. The second kappa shape index (κ2) is 11.8. The molecule has 2 heterocycles. The van der Waals surface area contributed by atoms with Gasteiger partial charge >= 0.3 is 0 Å². The van der Waals surface area contributed by atoms with Crippen LogP contribution in [-0.4, -0.2) is 54.3 Å². The van der Waals surface area contributed by atoms with Crippen LogP contribution in [-0.2, 0) is 4.79 Å². The van der Waals surface area contributed by atoms with Crippen molar-refractivity contribution in [3.63, 3.8) is 0 Å². The van der Waals surface area contributed by atoms with E-state index in [-0.39, 0.29) is 12.3 Å². The summed E-state index contributed by atoms with van der Waals surface area (Å²) in [5.41, 5.74) is 3.75. The second-order valence-corrected chi connectivity index (χ2v) is 9.32. The van der Waals surface area contributed by atoms with Gasteiger partial charge in [-0.05, 0) is 60.7 Å². The number of aromatic nitrogens is 3. The molecule has 10 heteroatoms. The molecule has 0 saturated heterocycles. The number of rotatable bonds is 9. The standard InChI is InChI=1S/C28H26N4O5S/c1-34-21-8-3-18(4-9-21)26-27(19-5-10-22(35-2)11-6-19)31-32-28(30-26)38-16-13-25(33)29-20-7-12-23-24(17-20)37-15-14-36-23/h3-12,17H,13-16H2,1-2H3,(H,29,33). The highest BCUT2D eigenvalue weighted by Crippen LogP contribution is 2.33. The molecule has 0 bridgehead atoms. The number of amides is 1. The lowest BCUT2D eigenvalue weighted by atomic mass is 10.0. The van der Waals surface area contributed by atoms with Gasteiger partial charge in [0, 0.05) is 35.1 Å². The number of carbonyl (C=O) groups excluding carboxylic acids is 1. The molecular weight excluding hydrogens is 504 g/mol. The Morgan fingerprint density at radius 1 is 0.842 bits per heavy atom. The number of anilines is 1. The number of fused-ring (bicyclic) bond motifs is 1. The summed E-state index contributed by atoms with van der Waals surface area (Å²) in [6.45, 7) is 1.01. The van der Waals surface area contributed by atoms with Crippen molar-refractivity contribution >= 4 is 23.4 Å². The summed E-state index contributed by atoms with van der Waals surface area (Å²) in [5, 5.41) is 12.2. The van der Waals surface area contributed by atoms with Gasteiger partial charge in [-0.1, -0.05) is 11.8 Å². The van der Waals surface area contributed by atoms with Crippen molar-refractivity contribution in [2.45, 2.75) is 11.6 Å². The lowest BCUT2D eigenvalue weighted by molar-refractivity contribution is -0.115. The van der Waals surface area contributed by atoms with Crippen LogP contribution >= 0.6 is 11.8 Å². The lowest BCUT2D eigenvalue weighted by Gasteiger charge is -2.19. The Kier molecular flexibility index (Phi) is 7.89. The lowest BCUT2D eigenvalue weighted by Crippen LogP contribution is -2.16. The Balaban J connectivity index is 1.29. The van der Waals surface area contributed by atoms with Gasteiger partial charge in [0.25, 0.3) is 0 Å². The first kappa shape index (κ1) is 25.3. The van der Waals surface area contributed by atoms with Gasteiger partial charge in [-0.25, -0.2) is 4.98 Å². The molecule has 0 saturated carbocycles. The Morgan fingerprint density at radius 3 is 2.13 bits per heavy atom. The molecular formula is C28H26N4O5S. The molecule has 0 radical (unpaired) electrons. The molecule has 194 valence electrons. The highest BCUT2D eigenvalue weighted by atomic mass is 32.2. The van der Waals surface area contributed by atoms with Crippen LogP contribution in [0, 0.1) is 0 Å². The normalized spacial score (nSPS) is 12.1. The topological polar surface area (TPSA) is 105 Å². The van der Waals surface area contributed by atoms with Crippen LogP contribution in [0.3, 0.4) is 0 Å². The molecule has 1 aromatic heterocycles. The first-order valence-electron chi connectivity index (χ1n) is 12.0. The Morgan fingerprint density at radius 2 is 1.47 bits per heavy atom. The van der Waals surface area contributed by atoms with Crippen molar-refractivity contribution in [2.24, 2.45) is 0 Å². The molecule has 0 aliphatic carbocycles. The van der Waals surface area contributed by atoms with Crippen LogP contribution in [0.25, 0.3) is 22.5 Å². The van der Waals surface area contributed by atoms with Gasteiger partial charge in [0.05, 0.1) is 14.2 Å². The minimum Gasteiger partial charge on any atom is -0.497 e. The van der Waals surface area contributed by atoms with Crippen LogP contribution in [0.15, 0.2) is 71.9 Å². The highest BCUT2D eigenvalue weighted by Gasteiger charge is 2.16. The van der Waals surface area contributed by atoms with Crippen molar-refractivity contribution < 1.29 is 23.7 Å². The SMILES string of the molecule is COc1ccc(-c2nnc(SCCC(=O)Nc3ccc4c(c3)OCCO4)nc2-c2ccc(OC)cc2)cc1. The summed E-state index contributed by atoms with van der Waals surface area (Å²) in [6, 6.07) is 20.6. The maximum Gasteiger partial charge on any atom is 0.225 e. The first-order valence-corrected chi connectivity index (χ1v) is 13.0. The second-order valence-electron chi connectivity index (χ2n) is 8.25. The first-order chi connectivity index (χ1) is 18.6. The average Bonchev–Trinajstić information content (AvgIpc) is 2.97. The summed E-state index contributed by atoms with van der Waals surface area (Å²) in [7, 11) is 3.25. The van der Waals surface area contributed by atoms with E-state index in [1.807, 2.05) is 48.5 Å². The summed E-state index contributed by atoms with van der Waals surface area (Å²) in [5.74, 6) is 3.18. The number of nitrogens with one attached hydrogen (secondary N) is 1. The van der Waals surface area contributed by atoms with Crippen molar-refractivity contribution in [3.8, 4) is 45.5 Å². The van der Waals surface area contributed by atoms with E-state index in [1.165, 1.54) is 11.8 Å². The van der Waals surface area contributed by atoms with Gasteiger partial charge in [-0.3, -0.25) is 4.79 Å². The molecule has 3 aromatic carbocycles. The molecule has 38 heavy (non-hydrogen) atoms.